The average molecular weight is 280 g/mol. The first kappa shape index (κ1) is 13.7. The summed E-state index contributed by atoms with van der Waals surface area (Å²) in [4.78, 5) is 21.4. The lowest BCUT2D eigenvalue weighted by molar-refractivity contribution is -0.383. The Labute approximate surface area is 112 Å². The molecule has 1 aromatic carbocycles. The molecule has 106 valence electrons. The van der Waals surface area contributed by atoms with Crippen LogP contribution in [0.3, 0.4) is 0 Å². The molecular weight excluding hydrogens is 268 g/mol. The van der Waals surface area contributed by atoms with Crippen LogP contribution in [0.15, 0.2) is 16.8 Å². The number of aliphatic carboxylic acids is 1. The highest BCUT2D eigenvalue weighted by Crippen LogP contribution is 2.29. The molecule has 2 rings (SSSR count). The summed E-state index contributed by atoms with van der Waals surface area (Å²) in [5.74, 6) is -1.21. The van der Waals surface area contributed by atoms with Crippen molar-refractivity contribution in [3.05, 3.63) is 22.2 Å². The van der Waals surface area contributed by atoms with Crippen molar-refractivity contribution in [2.24, 2.45) is 5.92 Å². The van der Waals surface area contributed by atoms with Gasteiger partial charge in [-0.05, 0) is 22.3 Å². The fourth-order valence-electron chi connectivity index (χ4n) is 1.80. The van der Waals surface area contributed by atoms with Gasteiger partial charge in [0.1, 0.15) is 6.04 Å². The maximum atomic E-state index is 11.2. The van der Waals surface area contributed by atoms with Crippen molar-refractivity contribution in [2.75, 3.05) is 5.32 Å². The third-order valence-electron chi connectivity index (χ3n) is 2.83. The number of nitro benzene ring substituents is 1. The van der Waals surface area contributed by atoms with Gasteiger partial charge in [0.05, 0.1) is 10.6 Å². The second-order valence-corrected chi connectivity index (χ2v) is 4.56. The van der Waals surface area contributed by atoms with E-state index in [0.29, 0.717) is 5.69 Å². The Balaban J connectivity index is 2.46. The first-order chi connectivity index (χ1) is 9.41. The summed E-state index contributed by atoms with van der Waals surface area (Å²) in [7, 11) is 0. The zero-order valence-corrected chi connectivity index (χ0v) is 10.7. The molecule has 1 aromatic heterocycles. The van der Waals surface area contributed by atoms with Crippen molar-refractivity contribution in [3.63, 3.8) is 0 Å². The molecule has 2 aromatic rings. The number of hydrogen-bond acceptors (Lipinski definition) is 7. The van der Waals surface area contributed by atoms with E-state index in [2.05, 4.69) is 20.3 Å². The standard InChI is InChI=1S/C11H12N4O5/c1-5(2)8(11(16)17)12-6-3-4-7(15(18)19)10-9(6)13-20-14-10/h3-5,8,12H,1-2H3,(H,16,17)/t8-/m1/s1. The van der Waals surface area contributed by atoms with E-state index in [-0.39, 0.29) is 22.6 Å². The number of carbonyl (C=O) groups is 1. The van der Waals surface area contributed by atoms with Gasteiger partial charge in [0, 0.05) is 6.07 Å². The van der Waals surface area contributed by atoms with Gasteiger partial charge in [0.25, 0.3) is 0 Å². The Morgan fingerprint density at radius 3 is 2.60 bits per heavy atom. The van der Waals surface area contributed by atoms with Crippen LogP contribution >= 0.6 is 0 Å². The first-order valence-electron chi connectivity index (χ1n) is 5.80. The molecule has 0 bridgehead atoms. The number of aromatic nitrogens is 2. The van der Waals surface area contributed by atoms with Crippen LogP contribution < -0.4 is 5.32 Å². The Morgan fingerprint density at radius 1 is 1.40 bits per heavy atom. The van der Waals surface area contributed by atoms with Crippen LogP contribution in [0.25, 0.3) is 11.0 Å². The number of fused-ring (bicyclic) bond motifs is 1. The monoisotopic (exact) mass is 280 g/mol. The van der Waals surface area contributed by atoms with Gasteiger partial charge in [-0.15, -0.1) is 0 Å². The minimum Gasteiger partial charge on any atom is -0.480 e. The lowest BCUT2D eigenvalue weighted by Crippen LogP contribution is -2.34. The Hall–Kier alpha value is -2.71. The number of hydrogen-bond donors (Lipinski definition) is 2. The van der Waals surface area contributed by atoms with Crippen molar-refractivity contribution in [1.82, 2.24) is 10.3 Å². The number of carboxylic acids is 1. The molecule has 0 saturated heterocycles. The van der Waals surface area contributed by atoms with Crippen molar-refractivity contribution < 1.29 is 19.5 Å². The minimum absolute atomic E-state index is 0.0205. The Kier molecular flexibility index (Phi) is 3.51. The topological polar surface area (TPSA) is 131 Å². The smallest absolute Gasteiger partial charge is 0.326 e. The van der Waals surface area contributed by atoms with E-state index in [1.54, 1.807) is 13.8 Å². The van der Waals surface area contributed by atoms with Crippen molar-refractivity contribution in [2.45, 2.75) is 19.9 Å². The number of non-ortho nitro benzene ring substituents is 1. The van der Waals surface area contributed by atoms with Crippen LogP contribution in [-0.2, 0) is 4.79 Å². The van der Waals surface area contributed by atoms with E-state index in [4.69, 9.17) is 5.11 Å². The molecule has 1 atom stereocenters. The minimum atomic E-state index is -1.03. The molecule has 9 heteroatoms. The molecule has 0 aliphatic carbocycles. The summed E-state index contributed by atoms with van der Waals surface area (Å²) in [6.45, 7) is 3.49. The highest BCUT2D eigenvalue weighted by Gasteiger charge is 2.25. The van der Waals surface area contributed by atoms with Gasteiger partial charge in [-0.2, -0.15) is 0 Å². The molecule has 0 amide bonds. The van der Waals surface area contributed by atoms with E-state index in [0.717, 1.165) is 0 Å². The summed E-state index contributed by atoms with van der Waals surface area (Å²) < 4.78 is 4.51. The maximum absolute atomic E-state index is 11.2. The fourth-order valence-corrected chi connectivity index (χ4v) is 1.80. The number of benzene rings is 1. The number of anilines is 1. The van der Waals surface area contributed by atoms with Crippen LogP contribution in [0.2, 0.25) is 0 Å². The molecule has 0 unspecified atom stereocenters. The molecule has 20 heavy (non-hydrogen) atoms. The predicted molar refractivity (Wildman–Crippen MR) is 68.3 cm³/mol. The number of nitro groups is 1. The summed E-state index contributed by atoms with van der Waals surface area (Å²) in [5.41, 5.74) is 0.190. The molecule has 1 heterocycles. The summed E-state index contributed by atoms with van der Waals surface area (Å²) in [6, 6.07) is 1.77. The SMILES string of the molecule is CC(C)[C@@H](Nc1ccc([N+](=O)[O-])c2nonc12)C(=O)O. The number of nitrogens with one attached hydrogen (secondary N) is 1. The predicted octanol–water partition coefficient (Wildman–Crippen LogP) is 1.65. The molecule has 0 aliphatic rings. The van der Waals surface area contributed by atoms with Gasteiger partial charge in [-0.3, -0.25) is 10.1 Å². The Bertz CT molecular complexity index is 666. The second-order valence-electron chi connectivity index (χ2n) is 4.56. The third-order valence-corrected chi connectivity index (χ3v) is 2.83. The van der Waals surface area contributed by atoms with Crippen LogP contribution in [0.4, 0.5) is 11.4 Å². The highest BCUT2D eigenvalue weighted by molar-refractivity contribution is 5.94. The number of nitrogens with zero attached hydrogens (tertiary/aromatic N) is 3. The van der Waals surface area contributed by atoms with Crippen LogP contribution in [0.5, 0.6) is 0 Å². The zero-order valence-electron chi connectivity index (χ0n) is 10.7. The largest absolute Gasteiger partial charge is 0.480 e. The molecule has 0 saturated carbocycles. The van der Waals surface area contributed by atoms with Crippen LogP contribution in [0.1, 0.15) is 13.8 Å². The van der Waals surface area contributed by atoms with Crippen molar-refractivity contribution in [3.8, 4) is 0 Å². The molecule has 0 fully saturated rings. The molecule has 2 N–H and O–H groups in total. The number of rotatable bonds is 5. The quantitative estimate of drug-likeness (QED) is 0.624. The second kappa shape index (κ2) is 5.11. The highest BCUT2D eigenvalue weighted by atomic mass is 16.6. The normalized spacial score (nSPS) is 12.6. The summed E-state index contributed by atoms with van der Waals surface area (Å²) >= 11 is 0. The lowest BCUT2D eigenvalue weighted by Gasteiger charge is -2.18. The van der Waals surface area contributed by atoms with E-state index < -0.39 is 16.9 Å². The maximum Gasteiger partial charge on any atom is 0.326 e. The Morgan fingerprint density at radius 2 is 2.05 bits per heavy atom. The van der Waals surface area contributed by atoms with E-state index in [1.807, 2.05) is 0 Å². The molecule has 9 nitrogen and oxygen atoms in total. The van der Waals surface area contributed by atoms with Crippen LogP contribution in [0, 0.1) is 16.0 Å². The van der Waals surface area contributed by atoms with Crippen molar-refractivity contribution in [1.29, 1.82) is 0 Å². The van der Waals surface area contributed by atoms with Gasteiger partial charge < -0.3 is 10.4 Å². The lowest BCUT2D eigenvalue weighted by atomic mass is 10.0. The van der Waals surface area contributed by atoms with Gasteiger partial charge in [-0.25, -0.2) is 9.42 Å². The molecule has 0 radical (unpaired) electrons. The van der Waals surface area contributed by atoms with Crippen molar-refractivity contribution >= 4 is 28.4 Å². The molecular formula is C11H12N4O5. The van der Waals surface area contributed by atoms with Gasteiger partial charge in [0.15, 0.2) is 5.52 Å². The van der Waals surface area contributed by atoms with Crippen LogP contribution in [-0.4, -0.2) is 32.4 Å². The van der Waals surface area contributed by atoms with E-state index >= 15 is 0 Å². The fraction of sp³-hybridized carbons (Fsp3) is 0.364. The molecule has 0 spiro atoms. The van der Waals surface area contributed by atoms with Gasteiger partial charge in [0.2, 0.25) is 5.52 Å². The molecule has 0 aliphatic heterocycles. The number of carboxylic acid groups (broad SMARTS) is 1. The van der Waals surface area contributed by atoms with Gasteiger partial charge >= 0.3 is 11.7 Å². The van der Waals surface area contributed by atoms with E-state index in [9.17, 15) is 14.9 Å². The van der Waals surface area contributed by atoms with Gasteiger partial charge in [-0.1, -0.05) is 13.8 Å². The third kappa shape index (κ3) is 2.37. The average Bonchev–Trinajstić information content (AvgIpc) is 2.83. The zero-order chi connectivity index (χ0) is 14.9. The van der Waals surface area contributed by atoms with E-state index in [1.165, 1.54) is 12.1 Å². The first-order valence-corrected chi connectivity index (χ1v) is 5.80. The summed E-state index contributed by atoms with van der Waals surface area (Å²) in [6.07, 6.45) is 0. The summed E-state index contributed by atoms with van der Waals surface area (Å²) in [5, 5.41) is 29.8.